The van der Waals surface area contributed by atoms with E-state index >= 15 is 0 Å². The molecule has 0 spiro atoms. The molecular weight excluding hydrogens is 284 g/mol. The quantitative estimate of drug-likeness (QED) is 0.727. The average molecular weight is 319 g/mol. The Morgan fingerprint density at radius 1 is 0.957 bits per heavy atom. The molecule has 23 heavy (non-hydrogen) atoms. The van der Waals surface area contributed by atoms with Crippen LogP contribution in [0.15, 0.2) is 0 Å². The standard InChI is InChI=1S/C21H34O2/c1-12(22)15-6-7-16-14-5-4-13-10-18-19(23-18)11-21(13,3)17(14)8-9-20(15,16)2/h12-19,22H,4-11H2,1-3H3/t12?,13-,14-,15+,16-,17-,18+,19-,20+,21-/m0/s1. The van der Waals surface area contributed by atoms with E-state index in [9.17, 15) is 5.11 Å². The lowest BCUT2D eigenvalue weighted by Crippen LogP contribution is -2.54. The lowest BCUT2D eigenvalue weighted by molar-refractivity contribution is -0.114. The van der Waals surface area contributed by atoms with Crippen LogP contribution in [0.4, 0.5) is 0 Å². The summed E-state index contributed by atoms with van der Waals surface area (Å²) in [4.78, 5) is 0. The molecule has 5 aliphatic rings. The molecule has 0 radical (unpaired) electrons. The van der Waals surface area contributed by atoms with Gasteiger partial charge in [-0.25, -0.2) is 0 Å². The number of aliphatic hydroxyl groups excluding tert-OH is 1. The maximum Gasteiger partial charge on any atom is 0.0847 e. The maximum absolute atomic E-state index is 10.3. The van der Waals surface area contributed by atoms with Gasteiger partial charge in [-0.2, -0.15) is 0 Å². The third kappa shape index (κ3) is 1.94. The zero-order valence-electron chi connectivity index (χ0n) is 15.1. The highest BCUT2D eigenvalue weighted by molar-refractivity contribution is 5.12. The molecule has 0 aromatic rings. The molecule has 1 heterocycles. The first-order valence-electron chi connectivity index (χ1n) is 10.3. The Labute approximate surface area is 141 Å². The summed E-state index contributed by atoms with van der Waals surface area (Å²) in [5.41, 5.74) is 0.955. The molecule has 0 amide bonds. The van der Waals surface area contributed by atoms with E-state index in [1.807, 2.05) is 6.92 Å². The van der Waals surface area contributed by atoms with Crippen LogP contribution in [0.3, 0.4) is 0 Å². The summed E-state index contributed by atoms with van der Waals surface area (Å²) in [6, 6.07) is 0. The van der Waals surface area contributed by atoms with Crippen molar-refractivity contribution in [2.45, 2.75) is 90.4 Å². The van der Waals surface area contributed by atoms with Gasteiger partial charge >= 0.3 is 0 Å². The highest BCUT2D eigenvalue weighted by atomic mass is 16.6. The molecule has 1 unspecified atom stereocenters. The normalized spacial score (nSPS) is 61.8. The van der Waals surface area contributed by atoms with Crippen LogP contribution in [0.25, 0.3) is 0 Å². The number of fused-ring (bicyclic) bond motifs is 6. The van der Waals surface area contributed by atoms with Gasteiger partial charge in [-0.05, 0) is 98.7 Å². The Kier molecular flexibility index (Phi) is 3.14. The summed E-state index contributed by atoms with van der Waals surface area (Å²) in [5, 5.41) is 10.3. The molecule has 4 saturated carbocycles. The molecule has 10 atom stereocenters. The lowest BCUT2D eigenvalue weighted by Gasteiger charge is -2.60. The van der Waals surface area contributed by atoms with Crippen LogP contribution < -0.4 is 0 Å². The fourth-order valence-electron chi connectivity index (χ4n) is 8.35. The predicted octanol–water partition coefficient (Wildman–Crippen LogP) is 4.40. The molecule has 1 N–H and O–H groups in total. The van der Waals surface area contributed by atoms with Gasteiger partial charge in [0.25, 0.3) is 0 Å². The molecule has 2 heteroatoms. The van der Waals surface area contributed by atoms with E-state index in [-0.39, 0.29) is 6.10 Å². The van der Waals surface area contributed by atoms with Gasteiger partial charge in [0.15, 0.2) is 0 Å². The minimum Gasteiger partial charge on any atom is -0.393 e. The van der Waals surface area contributed by atoms with E-state index in [1.165, 1.54) is 51.4 Å². The van der Waals surface area contributed by atoms with Gasteiger partial charge in [-0.3, -0.25) is 0 Å². The maximum atomic E-state index is 10.3. The van der Waals surface area contributed by atoms with Crippen molar-refractivity contribution in [3.8, 4) is 0 Å². The third-order valence-corrected chi connectivity index (χ3v) is 9.57. The summed E-state index contributed by atoms with van der Waals surface area (Å²) in [6.07, 6.45) is 12.1. The Morgan fingerprint density at radius 2 is 1.74 bits per heavy atom. The van der Waals surface area contributed by atoms with Gasteiger partial charge in [-0.1, -0.05) is 13.8 Å². The van der Waals surface area contributed by atoms with Crippen LogP contribution in [-0.2, 0) is 4.74 Å². The van der Waals surface area contributed by atoms with Crippen molar-refractivity contribution < 1.29 is 9.84 Å². The van der Waals surface area contributed by atoms with E-state index < -0.39 is 0 Å². The zero-order valence-corrected chi connectivity index (χ0v) is 15.1. The van der Waals surface area contributed by atoms with Gasteiger partial charge in [0.1, 0.15) is 0 Å². The van der Waals surface area contributed by atoms with Gasteiger partial charge in [0.2, 0.25) is 0 Å². The molecule has 0 bridgehead atoms. The summed E-state index contributed by atoms with van der Waals surface area (Å²) >= 11 is 0. The van der Waals surface area contributed by atoms with Crippen LogP contribution in [0, 0.1) is 40.4 Å². The van der Waals surface area contributed by atoms with E-state index in [1.54, 1.807) is 0 Å². The molecule has 1 aliphatic heterocycles. The summed E-state index contributed by atoms with van der Waals surface area (Å²) in [6.45, 7) is 7.18. The number of rotatable bonds is 1. The van der Waals surface area contributed by atoms with Crippen molar-refractivity contribution in [2.24, 2.45) is 40.4 Å². The second kappa shape index (κ2) is 4.75. The summed E-state index contributed by atoms with van der Waals surface area (Å²) in [7, 11) is 0. The number of epoxide rings is 1. The number of hydrogen-bond donors (Lipinski definition) is 1. The van der Waals surface area contributed by atoms with E-state index in [0.717, 1.165) is 23.7 Å². The van der Waals surface area contributed by atoms with Gasteiger partial charge in [0, 0.05) is 0 Å². The molecular formula is C21H34O2. The van der Waals surface area contributed by atoms with Crippen molar-refractivity contribution in [3.05, 3.63) is 0 Å². The molecule has 4 aliphatic carbocycles. The molecule has 0 aromatic heterocycles. The largest absolute Gasteiger partial charge is 0.393 e. The molecule has 5 fully saturated rings. The number of hydrogen-bond acceptors (Lipinski definition) is 2. The second-order valence-corrected chi connectivity index (χ2v) is 10.3. The van der Waals surface area contributed by atoms with Crippen molar-refractivity contribution in [2.75, 3.05) is 0 Å². The van der Waals surface area contributed by atoms with Crippen LogP contribution >= 0.6 is 0 Å². The first-order valence-corrected chi connectivity index (χ1v) is 10.3. The first kappa shape index (κ1) is 15.2. The molecule has 0 aromatic carbocycles. The van der Waals surface area contributed by atoms with Crippen LogP contribution in [0.1, 0.15) is 72.1 Å². The van der Waals surface area contributed by atoms with Gasteiger partial charge in [-0.15, -0.1) is 0 Å². The zero-order chi connectivity index (χ0) is 16.0. The van der Waals surface area contributed by atoms with E-state index in [0.29, 0.717) is 29.0 Å². The lowest BCUT2D eigenvalue weighted by atomic mass is 9.45. The molecule has 130 valence electrons. The van der Waals surface area contributed by atoms with Crippen LogP contribution in [-0.4, -0.2) is 23.4 Å². The fourth-order valence-corrected chi connectivity index (χ4v) is 8.35. The molecule has 5 rings (SSSR count). The fraction of sp³-hybridized carbons (Fsp3) is 1.00. The van der Waals surface area contributed by atoms with Gasteiger partial charge < -0.3 is 9.84 Å². The summed E-state index contributed by atoms with van der Waals surface area (Å²) in [5.74, 6) is 4.19. The first-order chi connectivity index (χ1) is 10.9. The molecule has 1 saturated heterocycles. The highest BCUT2D eigenvalue weighted by Crippen LogP contribution is 2.69. The van der Waals surface area contributed by atoms with Crippen molar-refractivity contribution in [1.29, 1.82) is 0 Å². The second-order valence-electron chi connectivity index (χ2n) is 10.3. The predicted molar refractivity (Wildman–Crippen MR) is 90.9 cm³/mol. The Balaban J connectivity index is 1.44. The average Bonchev–Trinajstić information content (AvgIpc) is 3.13. The molecule has 2 nitrogen and oxygen atoms in total. The summed E-state index contributed by atoms with van der Waals surface area (Å²) < 4.78 is 5.94. The van der Waals surface area contributed by atoms with Crippen molar-refractivity contribution >= 4 is 0 Å². The number of aliphatic hydroxyl groups is 1. The Morgan fingerprint density at radius 3 is 2.52 bits per heavy atom. The smallest absolute Gasteiger partial charge is 0.0847 e. The third-order valence-electron chi connectivity index (χ3n) is 9.57. The van der Waals surface area contributed by atoms with Crippen LogP contribution in [0.2, 0.25) is 0 Å². The minimum atomic E-state index is -0.122. The monoisotopic (exact) mass is 318 g/mol. The Bertz CT molecular complexity index is 502. The van der Waals surface area contributed by atoms with E-state index in [2.05, 4.69) is 13.8 Å². The highest BCUT2D eigenvalue weighted by Gasteiger charge is 2.63. The van der Waals surface area contributed by atoms with Gasteiger partial charge in [0.05, 0.1) is 18.3 Å². The topological polar surface area (TPSA) is 32.8 Å². The van der Waals surface area contributed by atoms with E-state index in [4.69, 9.17) is 4.74 Å². The minimum absolute atomic E-state index is 0.122. The SMILES string of the molecule is CC(O)[C@H]1CC[C@H]2[C@@H]3CC[C@H]4C[C@H]5O[C@H]5C[C@]4(C)[C@H]3CC[C@]12C. The number of ether oxygens (including phenoxy) is 1. The van der Waals surface area contributed by atoms with Crippen LogP contribution in [0.5, 0.6) is 0 Å². The van der Waals surface area contributed by atoms with Crippen molar-refractivity contribution in [3.63, 3.8) is 0 Å². The Hall–Kier alpha value is -0.0800. The van der Waals surface area contributed by atoms with Crippen molar-refractivity contribution in [1.82, 2.24) is 0 Å².